The van der Waals surface area contributed by atoms with Gasteiger partial charge in [-0.1, -0.05) is 0 Å². The van der Waals surface area contributed by atoms with Gasteiger partial charge in [0, 0.05) is 17.8 Å². The number of sulfonamides is 1. The Balaban J connectivity index is 2.08. The van der Waals surface area contributed by atoms with E-state index in [2.05, 4.69) is 9.71 Å². The van der Waals surface area contributed by atoms with Gasteiger partial charge in [0.05, 0.1) is 11.2 Å². The van der Waals surface area contributed by atoms with Gasteiger partial charge in [0.2, 0.25) is 15.9 Å². The Hall–Kier alpha value is -2.68. The summed E-state index contributed by atoms with van der Waals surface area (Å²) in [5, 5.41) is 10.5. The molecule has 0 aliphatic rings. The number of nitro groups is 1. The van der Waals surface area contributed by atoms with Crippen molar-refractivity contribution in [2.75, 3.05) is 11.0 Å². The van der Waals surface area contributed by atoms with Crippen molar-refractivity contribution in [2.24, 2.45) is 0 Å². The maximum absolute atomic E-state index is 11.1. The molecule has 21 heavy (non-hydrogen) atoms. The van der Waals surface area contributed by atoms with E-state index in [9.17, 15) is 18.5 Å². The minimum atomic E-state index is -3.33. The molecular formula is C12H11N3O5S. The third-order valence-electron chi connectivity index (χ3n) is 2.31. The third kappa shape index (κ3) is 4.42. The Morgan fingerprint density at radius 3 is 2.33 bits per heavy atom. The summed E-state index contributed by atoms with van der Waals surface area (Å²) in [4.78, 5) is 13.7. The van der Waals surface area contributed by atoms with Gasteiger partial charge in [0.25, 0.3) is 5.69 Å². The van der Waals surface area contributed by atoms with Gasteiger partial charge in [0.15, 0.2) is 0 Å². The quantitative estimate of drug-likeness (QED) is 0.669. The molecule has 0 fully saturated rings. The molecule has 2 rings (SSSR count). The highest BCUT2D eigenvalue weighted by molar-refractivity contribution is 7.92. The first-order valence-corrected chi connectivity index (χ1v) is 7.59. The van der Waals surface area contributed by atoms with Crippen molar-refractivity contribution in [2.45, 2.75) is 0 Å². The highest BCUT2D eigenvalue weighted by Crippen LogP contribution is 2.23. The van der Waals surface area contributed by atoms with E-state index in [1.54, 1.807) is 12.1 Å². The van der Waals surface area contributed by atoms with Crippen LogP contribution in [0.5, 0.6) is 11.6 Å². The van der Waals surface area contributed by atoms with Gasteiger partial charge in [-0.3, -0.25) is 14.8 Å². The first-order chi connectivity index (χ1) is 9.83. The van der Waals surface area contributed by atoms with Crippen molar-refractivity contribution in [1.29, 1.82) is 0 Å². The van der Waals surface area contributed by atoms with Crippen molar-refractivity contribution in [1.82, 2.24) is 4.98 Å². The molecular weight excluding hydrogens is 298 g/mol. The number of nitrogens with zero attached hydrogens (tertiary/aromatic N) is 2. The summed E-state index contributed by atoms with van der Waals surface area (Å²) in [7, 11) is -3.33. The fourth-order valence-corrected chi connectivity index (χ4v) is 2.03. The molecule has 0 saturated carbocycles. The van der Waals surface area contributed by atoms with E-state index in [-0.39, 0.29) is 11.6 Å². The smallest absolute Gasteiger partial charge is 0.287 e. The van der Waals surface area contributed by atoms with E-state index < -0.39 is 14.9 Å². The SMILES string of the molecule is CS(=O)(=O)Nc1ccc(Oc2ccc([N+](=O)[O-])cn2)cc1. The van der Waals surface area contributed by atoms with Gasteiger partial charge in [-0.15, -0.1) is 0 Å². The molecule has 0 saturated heterocycles. The number of pyridine rings is 1. The molecule has 1 aromatic heterocycles. The molecule has 0 amide bonds. The van der Waals surface area contributed by atoms with Crippen LogP contribution >= 0.6 is 0 Å². The molecule has 0 unspecified atom stereocenters. The average molecular weight is 309 g/mol. The molecule has 0 aliphatic heterocycles. The monoisotopic (exact) mass is 309 g/mol. The molecule has 0 aliphatic carbocycles. The van der Waals surface area contributed by atoms with Crippen LogP contribution in [0.1, 0.15) is 0 Å². The summed E-state index contributed by atoms with van der Waals surface area (Å²) in [6.07, 6.45) is 2.15. The summed E-state index contributed by atoms with van der Waals surface area (Å²) in [6, 6.07) is 8.82. The summed E-state index contributed by atoms with van der Waals surface area (Å²) in [5.74, 6) is 0.625. The highest BCUT2D eigenvalue weighted by atomic mass is 32.2. The van der Waals surface area contributed by atoms with E-state index in [0.717, 1.165) is 12.5 Å². The van der Waals surface area contributed by atoms with Gasteiger partial charge < -0.3 is 4.74 Å². The predicted octanol–water partition coefficient (Wildman–Crippen LogP) is 2.15. The lowest BCUT2D eigenvalue weighted by atomic mass is 10.3. The van der Waals surface area contributed by atoms with Crippen molar-refractivity contribution in [3.05, 3.63) is 52.7 Å². The van der Waals surface area contributed by atoms with Crippen molar-refractivity contribution < 1.29 is 18.1 Å². The summed E-state index contributed by atoms with van der Waals surface area (Å²) >= 11 is 0. The molecule has 0 bridgehead atoms. The summed E-state index contributed by atoms with van der Waals surface area (Å²) in [6.45, 7) is 0. The van der Waals surface area contributed by atoms with Gasteiger partial charge >= 0.3 is 0 Å². The second-order valence-corrected chi connectivity index (χ2v) is 5.86. The summed E-state index contributed by atoms with van der Waals surface area (Å²) in [5.41, 5.74) is 0.275. The molecule has 2 aromatic rings. The number of nitrogens with one attached hydrogen (secondary N) is 1. The lowest BCUT2D eigenvalue weighted by Gasteiger charge is -2.06. The van der Waals surface area contributed by atoms with Gasteiger partial charge in [-0.05, 0) is 24.3 Å². The predicted molar refractivity (Wildman–Crippen MR) is 75.9 cm³/mol. The average Bonchev–Trinajstić information content (AvgIpc) is 2.40. The Kier molecular flexibility index (Phi) is 4.03. The largest absolute Gasteiger partial charge is 0.439 e. The van der Waals surface area contributed by atoms with Crippen LogP contribution in [0.15, 0.2) is 42.6 Å². The van der Waals surface area contributed by atoms with E-state index in [1.807, 2.05) is 0 Å². The summed E-state index contributed by atoms with van der Waals surface area (Å²) < 4.78 is 29.8. The molecule has 9 heteroatoms. The number of ether oxygens (including phenoxy) is 1. The fourth-order valence-electron chi connectivity index (χ4n) is 1.47. The molecule has 0 spiro atoms. The molecule has 1 heterocycles. The minimum absolute atomic E-state index is 0.130. The highest BCUT2D eigenvalue weighted by Gasteiger charge is 2.07. The van der Waals surface area contributed by atoms with E-state index in [4.69, 9.17) is 4.74 Å². The zero-order valence-electron chi connectivity index (χ0n) is 10.9. The molecule has 0 radical (unpaired) electrons. The number of hydrogen-bond acceptors (Lipinski definition) is 6. The maximum atomic E-state index is 11.1. The molecule has 1 aromatic carbocycles. The Bertz CT molecular complexity index is 741. The van der Waals surface area contributed by atoms with E-state index in [1.165, 1.54) is 24.3 Å². The van der Waals surface area contributed by atoms with Gasteiger partial charge in [-0.25, -0.2) is 13.4 Å². The normalized spacial score (nSPS) is 10.9. The first-order valence-electron chi connectivity index (χ1n) is 5.70. The van der Waals surface area contributed by atoms with Crippen molar-refractivity contribution >= 4 is 21.4 Å². The Labute approximate surface area is 120 Å². The number of anilines is 1. The molecule has 110 valence electrons. The standard InChI is InChI=1S/C12H11N3O5S/c1-21(18,19)14-9-2-5-11(6-3-9)20-12-7-4-10(8-13-12)15(16)17/h2-8,14H,1H3. The molecule has 8 nitrogen and oxygen atoms in total. The van der Waals surface area contributed by atoms with Crippen LogP contribution in [0.25, 0.3) is 0 Å². The van der Waals surface area contributed by atoms with Gasteiger partial charge in [0.1, 0.15) is 11.9 Å². The topological polar surface area (TPSA) is 111 Å². The Morgan fingerprint density at radius 2 is 1.86 bits per heavy atom. The molecule has 1 N–H and O–H groups in total. The maximum Gasteiger partial charge on any atom is 0.287 e. The van der Waals surface area contributed by atoms with Gasteiger partial charge in [-0.2, -0.15) is 0 Å². The molecule has 0 atom stereocenters. The first kappa shape index (κ1) is 14.7. The Morgan fingerprint density at radius 1 is 1.19 bits per heavy atom. The van der Waals surface area contributed by atoms with Crippen LogP contribution in [-0.2, 0) is 10.0 Å². The minimum Gasteiger partial charge on any atom is -0.439 e. The van der Waals surface area contributed by atoms with Crippen LogP contribution in [0, 0.1) is 10.1 Å². The number of hydrogen-bond donors (Lipinski definition) is 1. The van der Waals surface area contributed by atoms with Crippen molar-refractivity contribution in [3.63, 3.8) is 0 Å². The van der Waals surface area contributed by atoms with Crippen LogP contribution in [0.4, 0.5) is 11.4 Å². The van der Waals surface area contributed by atoms with E-state index >= 15 is 0 Å². The second-order valence-electron chi connectivity index (χ2n) is 4.11. The van der Waals surface area contributed by atoms with Crippen LogP contribution in [0.2, 0.25) is 0 Å². The van der Waals surface area contributed by atoms with E-state index in [0.29, 0.717) is 11.4 Å². The fraction of sp³-hybridized carbons (Fsp3) is 0.0833. The zero-order valence-corrected chi connectivity index (χ0v) is 11.7. The number of rotatable bonds is 5. The van der Waals surface area contributed by atoms with Crippen molar-refractivity contribution in [3.8, 4) is 11.6 Å². The van der Waals surface area contributed by atoms with Crippen LogP contribution in [0.3, 0.4) is 0 Å². The van der Waals surface area contributed by atoms with Crippen LogP contribution < -0.4 is 9.46 Å². The number of aromatic nitrogens is 1. The number of benzene rings is 1. The lowest BCUT2D eigenvalue weighted by molar-refractivity contribution is -0.385. The van der Waals surface area contributed by atoms with Crippen LogP contribution in [-0.4, -0.2) is 24.6 Å². The zero-order chi connectivity index (χ0) is 15.5. The third-order valence-corrected chi connectivity index (χ3v) is 2.92. The lowest BCUT2D eigenvalue weighted by Crippen LogP contribution is -2.09. The second kappa shape index (κ2) is 5.75.